The summed E-state index contributed by atoms with van der Waals surface area (Å²) >= 11 is 12.0. The quantitative estimate of drug-likeness (QED) is 0.365. The molecule has 30 heavy (non-hydrogen) atoms. The molecule has 0 radical (unpaired) electrons. The maximum atomic E-state index is 12.5. The molecule has 0 unspecified atom stereocenters. The monoisotopic (exact) mass is 457 g/mol. The molecule has 0 atom stereocenters. The number of benzene rings is 2. The van der Waals surface area contributed by atoms with Gasteiger partial charge in [-0.05, 0) is 37.3 Å². The highest BCUT2D eigenvalue weighted by molar-refractivity contribution is 6.36. The van der Waals surface area contributed by atoms with Crippen LogP contribution in [0.1, 0.15) is 6.92 Å². The van der Waals surface area contributed by atoms with Crippen molar-refractivity contribution in [3.05, 3.63) is 58.6 Å². The van der Waals surface area contributed by atoms with Gasteiger partial charge >= 0.3 is 6.36 Å². The lowest BCUT2D eigenvalue weighted by atomic mass is 10.1. The lowest BCUT2D eigenvalue weighted by Crippen LogP contribution is -2.17. The van der Waals surface area contributed by atoms with Crippen LogP contribution in [-0.4, -0.2) is 22.9 Å². The first-order valence-corrected chi connectivity index (χ1v) is 9.45. The highest BCUT2D eigenvalue weighted by Crippen LogP contribution is 2.29. The minimum Gasteiger partial charge on any atom is -0.406 e. The van der Waals surface area contributed by atoms with E-state index in [4.69, 9.17) is 23.2 Å². The zero-order valence-electron chi connectivity index (χ0n) is 15.5. The Labute approximate surface area is 180 Å². The molecular weight excluding hydrogens is 442 g/mol. The van der Waals surface area contributed by atoms with E-state index in [1.807, 2.05) is 6.92 Å². The van der Waals surface area contributed by atoms with Crippen molar-refractivity contribution in [2.75, 3.05) is 22.7 Å². The third-order valence-corrected chi connectivity index (χ3v) is 4.23. The second-order valence-electron chi connectivity index (χ2n) is 5.94. The molecule has 1 heterocycles. The minimum absolute atomic E-state index is 0.295. The van der Waals surface area contributed by atoms with Gasteiger partial charge in [0.25, 0.3) is 0 Å². The molecule has 158 valence electrons. The predicted molar refractivity (Wildman–Crippen MR) is 112 cm³/mol. The summed E-state index contributed by atoms with van der Waals surface area (Å²) in [6.45, 7) is 2.42. The standard InChI is InChI=1S/C19H16Cl2F3N5O/c1-2-25-18-26-16(11-4-3-5-13(8-11)30-19(22,23)24)10-17(27-18)29-28-15-7-6-12(20)9-14(15)21/h3-10,28H,2H2,1H3,(H2,25,26,27,29). The molecule has 3 rings (SSSR count). The summed E-state index contributed by atoms with van der Waals surface area (Å²) in [5.41, 5.74) is 7.19. The average Bonchev–Trinajstić information content (AvgIpc) is 2.66. The summed E-state index contributed by atoms with van der Waals surface area (Å²) in [5.74, 6) is 0.317. The first-order chi connectivity index (χ1) is 14.2. The van der Waals surface area contributed by atoms with Gasteiger partial charge in [0.05, 0.1) is 16.4 Å². The number of anilines is 3. The van der Waals surface area contributed by atoms with Gasteiger partial charge in [0.15, 0.2) is 5.82 Å². The largest absolute Gasteiger partial charge is 0.573 e. The van der Waals surface area contributed by atoms with E-state index in [0.717, 1.165) is 0 Å². The van der Waals surface area contributed by atoms with E-state index in [9.17, 15) is 13.2 Å². The maximum Gasteiger partial charge on any atom is 0.573 e. The Bertz CT molecular complexity index is 1030. The normalized spacial score (nSPS) is 11.1. The van der Waals surface area contributed by atoms with Crippen LogP contribution in [0.3, 0.4) is 0 Å². The number of halogens is 5. The van der Waals surface area contributed by atoms with Gasteiger partial charge in [-0.1, -0.05) is 35.3 Å². The van der Waals surface area contributed by atoms with Gasteiger partial charge in [0.1, 0.15) is 5.75 Å². The Kier molecular flexibility index (Phi) is 6.73. The van der Waals surface area contributed by atoms with Crippen molar-refractivity contribution in [2.45, 2.75) is 13.3 Å². The van der Waals surface area contributed by atoms with Crippen LogP contribution < -0.4 is 20.9 Å². The molecule has 11 heteroatoms. The number of hydrazine groups is 1. The van der Waals surface area contributed by atoms with E-state index in [1.165, 1.54) is 18.2 Å². The zero-order chi connectivity index (χ0) is 21.7. The van der Waals surface area contributed by atoms with Crippen LogP contribution in [0.15, 0.2) is 48.5 Å². The topological polar surface area (TPSA) is 71.1 Å². The highest BCUT2D eigenvalue weighted by atomic mass is 35.5. The number of nitrogens with zero attached hydrogens (tertiary/aromatic N) is 2. The van der Waals surface area contributed by atoms with E-state index in [2.05, 4.69) is 30.9 Å². The van der Waals surface area contributed by atoms with Crippen LogP contribution in [0.25, 0.3) is 11.3 Å². The van der Waals surface area contributed by atoms with Crippen molar-refractivity contribution in [1.82, 2.24) is 9.97 Å². The van der Waals surface area contributed by atoms with Crippen LogP contribution in [-0.2, 0) is 0 Å². The lowest BCUT2D eigenvalue weighted by Gasteiger charge is -2.14. The van der Waals surface area contributed by atoms with Crippen molar-refractivity contribution in [1.29, 1.82) is 0 Å². The van der Waals surface area contributed by atoms with E-state index >= 15 is 0 Å². The smallest absolute Gasteiger partial charge is 0.406 e. The highest BCUT2D eigenvalue weighted by Gasteiger charge is 2.31. The third-order valence-electron chi connectivity index (χ3n) is 3.68. The summed E-state index contributed by atoms with van der Waals surface area (Å²) in [6, 6.07) is 12.0. The number of ether oxygens (including phenoxy) is 1. The Morgan fingerprint density at radius 2 is 1.80 bits per heavy atom. The minimum atomic E-state index is -4.78. The number of aromatic nitrogens is 2. The molecule has 0 aliphatic rings. The number of hydrogen-bond donors (Lipinski definition) is 3. The number of nitrogens with one attached hydrogen (secondary N) is 3. The Balaban J connectivity index is 1.88. The van der Waals surface area contributed by atoms with Gasteiger partial charge in [-0.2, -0.15) is 4.98 Å². The molecule has 0 spiro atoms. The fraction of sp³-hybridized carbons (Fsp3) is 0.158. The van der Waals surface area contributed by atoms with Crippen molar-refractivity contribution in [3.63, 3.8) is 0 Å². The van der Waals surface area contributed by atoms with Crippen molar-refractivity contribution < 1.29 is 17.9 Å². The van der Waals surface area contributed by atoms with Gasteiger partial charge in [-0.15, -0.1) is 13.2 Å². The zero-order valence-corrected chi connectivity index (χ0v) is 17.0. The Hall–Kier alpha value is -2.91. The van der Waals surface area contributed by atoms with Crippen molar-refractivity contribution >= 4 is 40.7 Å². The molecule has 0 saturated carbocycles. The molecule has 3 aromatic rings. The number of rotatable bonds is 7. The molecule has 0 amide bonds. The summed E-state index contributed by atoms with van der Waals surface area (Å²) in [4.78, 5) is 8.66. The SMILES string of the molecule is CCNc1nc(NNc2ccc(Cl)cc2Cl)cc(-c2cccc(OC(F)(F)F)c2)n1. The summed E-state index contributed by atoms with van der Waals surface area (Å²) in [6.07, 6.45) is -4.78. The number of hydrogen-bond acceptors (Lipinski definition) is 6. The molecule has 1 aromatic heterocycles. The molecule has 0 aliphatic carbocycles. The summed E-state index contributed by atoms with van der Waals surface area (Å²) in [5, 5.41) is 3.87. The van der Waals surface area contributed by atoms with Crippen LogP contribution in [0.2, 0.25) is 10.0 Å². The van der Waals surface area contributed by atoms with Gasteiger partial charge in [-0.25, -0.2) is 4.98 Å². The number of alkyl halides is 3. The summed E-state index contributed by atoms with van der Waals surface area (Å²) < 4.78 is 41.6. The van der Waals surface area contributed by atoms with Gasteiger partial charge in [0.2, 0.25) is 5.95 Å². The van der Waals surface area contributed by atoms with Gasteiger partial charge in [0, 0.05) is 23.2 Å². The second-order valence-corrected chi connectivity index (χ2v) is 6.79. The molecule has 0 bridgehead atoms. The second kappa shape index (κ2) is 9.27. The Morgan fingerprint density at radius 3 is 2.50 bits per heavy atom. The summed E-state index contributed by atoms with van der Waals surface area (Å²) in [7, 11) is 0. The fourth-order valence-corrected chi connectivity index (χ4v) is 2.93. The molecule has 3 N–H and O–H groups in total. The Morgan fingerprint density at radius 1 is 1.00 bits per heavy atom. The first kappa shape index (κ1) is 21.8. The van der Waals surface area contributed by atoms with Crippen LogP contribution in [0.4, 0.5) is 30.6 Å². The van der Waals surface area contributed by atoms with Crippen LogP contribution >= 0.6 is 23.2 Å². The molecule has 0 saturated heterocycles. The van der Waals surface area contributed by atoms with E-state index in [0.29, 0.717) is 45.3 Å². The molecule has 0 fully saturated rings. The van der Waals surface area contributed by atoms with E-state index < -0.39 is 6.36 Å². The first-order valence-electron chi connectivity index (χ1n) is 8.69. The fourth-order valence-electron chi connectivity index (χ4n) is 2.47. The van der Waals surface area contributed by atoms with Gasteiger partial charge < -0.3 is 10.1 Å². The molecular formula is C19H16Cl2F3N5O. The van der Waals surface area contributed by atoms with E-state index in [1.54, 1.807) is 30.3 Å². The molecule has 2 aromatic carbocycles. The van der Waals surface area contributed by atoms with Gasteiger partial charge in [-0.3, -0.25) is 10.9 Å². The third kappa shape index (κ3) is 6.04. The molecule has 0 aliphatic heterocycles. The van der Waals surface area contributed by atoms with E-state index in [-0.39, 0.29) is 5.75 Å². The maximum absolute atomic E-state index is 12.5. The predicted octanol–water partition coefficient (Wildman–Crippen LogP) is 6.22. The van der Waals surface area contributed by atoms with Crippen molar-refractivity contribution in [2.24, 2.45) is 0 Å². The van der Waals surface area contributed by atoms with Crippen molar-refractivity contribution in [3.8, 4) is 17.0 Å². The van der Waals surface area contributed by atoms with Crippen LogP contribution in [0.5, 0.6) is 5.75 Å². The molecule has 6 nitrogen and oxygen atoms in total. The lowest BCUT2D eigenvalue weighted by molar-refractivity contribution is -0.274. The van der Waals surface area contributed by atoms with Crippen LogP contribution in [0, 0.1) is 0 Å². The average molecular weight is 458 g/mol.